The highest BCUT2D eigenvalue weighted by Gasteiger charge is 2.29. The summed E-state index contributed by atoms with van der Waals surface area (Å²) in [5.41, 5.74) is 6.01. The highest BCUT2D eigenvalue weighted by Crippen LogP contribution is 2.44. The Morgan fingerprint density at radius 2 is 1.74 bits per heavy atom. The summed E-state index contributed by atoms with van der Waals surface area (Å²) in [4.78, 5) is 33.3. The van der Waals surface area contributed by atoms with Gasteiger partial charge in [0.1, 0.15) is 11.6 Å². The second-order valence-electron chi connectivity index (χ2n) is 7.89. The molecule has 6 nitrogen and oxygen atoms in total. The predicted molar refractivity (Wildman–Crippen MR) is 138 cm³/mol. The van der Waals surface area contributed by atoms with Gasteiger partial charge in [-0.1, -0.05) is 60.3 Å². The summed E-state index contributed by atoms with van der Waals surface area (Å²) in [6.07, 6.45) is 5.26. The number of carbonyl (C=O) groups is 2. The molecule has 0 fully saturated rings. The third kappa shape index (κ3) is 4.85. The van der Waals surface area contributed by atoms with Crippen LogP contribution in [0.3, 0.4) is 0 Å². The highest BCUT2D eigenvalue weighted by molar-refractivity contribution is 9.10. The molecule has 0 saturated heterocycles. The molecule has 4 aromatic rings. The first-order valence-corrected chi connectivity index (χ1v) is 12.6. The Bertz CT molecular complexity index is 1370. The maximum absolute atomic E-state index is 12.6. The number of ether oxygens (including phenoxy) is 1. The maximum atomic E-state index is 12.6. The van der Waals surface area contributed by atoms with Crippen LogP contribution in [0.2, 0.25) is 0 Å². The van der Waals surface area contributed by atoms with Crippen molar-refractivity contribution < 1.29 is 14.3 Å². The monoisotopic (exact) mass is 545 g/mol. The van der Waals surface area contributed by atoms with Crippen LogP contribution >= 0.6 is 27.7 Å². The van der Waals surface area contributed by atoms with Gasteiger partial charge in [-0.25, -0.2) is 9.78 Å². The van der Waals surface area contributed by atoms with Crippen molar-refractivity contribution >= 4 is 40.1 Å². The summed E-state index contributed by atoms with van der Waals surface area (Å²) in [7, 11) is 0. The number of benzene rings is 2. The zero-order valence-corrected chi connectivity index (χ0v) is 20.9. The lowest BCUT2D eigenvalue weighted by atomic mass is 9.98. The van der Waals surface area contributed by atoms with E-state index in [0.717, 1.165) is 21.2 Å². The Balaban J connectivity index is 1.27. The molecule has 35 heavy (non-hydrogen) atoms. The van der Waals surface area contributed by atoms with Crippen molar-refractivity contribution in [3.05, 3.63) is 106 Å². The summed E-state index contributed by atoms with van der Waals surface area (Å²) < 4.78 is 6.39. The predicted octanol–water partition coefficient (Wildman–Crippen LogP) is 6.24. The van der Waals surface area contributed by atoms with E-state index in [1.807, 2.05) is 24.3 Å². The highest BCUT2D eigenvalue weighted by atomic mass is 79.9. The molecule has 0 saturated carbocycles. The number of hydrogen-bond acceptors (Lipinski definition) is 6. The summed E-state index contributed by atoms with van der Waals surface area (Å²) in [6.45, 7) is 0.473. The third-order valence-electron chi connectivity index (χ3n) is 5.85. The van der Waals surface area contributed by atoms with Crippen molar-refractivity contribution in [1.29, 1.82) is 0 Å². The van der Waals surface area contributed by atoms with Crippen molar-refractivity contribution in [3.63, 3.8) is 0 Å². The molecule has 1 N–H and O–H groups in total. The third-order valence-corrected chi connectivity index (χ3v) is 7.64. The van der Waals surface area contributed by atoms with Gasteiger partial charge in [-0.2, -0.15) is 0 Å². The van der Waals surface area contributed by atoms with E-state index in [0.29, 0.717) is 10.6 Å². The molecule has 0 spiro atoms. The van der Waals surface area contributed by atoms with Crippen molar-refractivity contribution in [3.8, 4) is 11.1 Å². The number of nitrogens with zero attached hydrogens (tertiary/aromatic N) is 2. The Kier molecular flexibility index (Phi) is 6.92. The number of amides is 1. The van der Waals surface area contributed by atoms with Gasteiger partial charge in [-0.15, -0.1) is 0 Å². The largest absolute Gasteiger partial charge is 0.449 e. The summed E-state index contributed by atoms with van der Waals surface area (Å²) >= 11 is 4.84. The van der Waals surface area contributed by atoms with Crippen LogP contribution in [0.1, 0.15) is 33.0 Å². The molecule has 1 aliphatic carbocycles. The average Bonchev–Trinajstić information content (AvgIpc) is 3.21. The molecule has 0 radical (unpaired) electrons. The van der Waals surface area contributed by atoms with E-state index < -0.39 is 6.09 Å². The van der Waals surface area contributed by atoms with Crippen molar-refractivity contribution in [2.24, 2.45) is 0 Å². The van der Waals surface area contributed by atoms with Gasteiger partial charge in [-0.05, 0) is 50.3 Å². The maximum Gasteiger partial charge on any atom is 0.407 e. The van der Waals surface area contributed by atoms with Gasteiger partial charge in [0.15, 0.2) is 6.29 Å². The zero-order chi connectivity index (χ0) is 24.2. The van der Waals surface area contributed by atoms with Gasteiger partial charge in [-0.3, -0.25) is 9.78 Å². The van der Waals surface area contributed by atoms with Crippen LogP contribution in [-0.2, 0) is 11.3 Å². The van der Waals surface area contributed by atoms with Gasteiger partial charge < -0.3 is 10.1 Å². The Morgan fingerprint density at radius 1 is 1.03 bits per heavy atom. The van der Waals surface area contributed by atoms with Crippen LogP contribution in [0, 0.1) is 0 Å². The minimum Gasteiger partial charge on any atom is -0.449 e. The molecule has 8 heteroatoms. The molecule has 5 rings (SSSR count). The summed E-state index contributed by atoms with van der Waals surface area (Å²) in [6, 6.07) is 19.9. The molecule has 2 aromatic heterocycles. The lowest BCUT2D eigenvalue weighted by Crippen LogP contribution is -2.26. The van der Waals surface area contributed by atoms with Crippen LogP contribution in [0.5, 0.6) is 0 Å². The molecule has 2 heterocycles. The van der Waals surface area contributed by atoms with Gasteiger partial charge in [0.25, 0.3) is 0 Å². The minimum absolute atomic E-state index is 0.00200. The number of hydrogen-bond donors (Lipinski definition) is 1. The van der Waals surface area contributed by atoms with E-state index in [1.165, 1.54) is 34.0 Å². The fraction of sp³-hybridized carbons (Fsp3) is 0.111. The lowest BCUT2D eigenvalue weighted by molar-refractivity contribution is 0.112. The van der Waals surface area contributed by atoms with Gasteiger partial charge >= 0.3 is 6.09 Å². The SMILES string of the molecule is O=Cc1cccnc1Sc1cncc(Br)c1CNC(=O)OCC1c2ccccc2-c2ccccc21. The molecule has 174 valence electrons. The number of aromatic nitrogens is 2. The average molecular weight is 546 g/mol. The second kappa shape index (κ2) is 10.4. The van der Waals surface area contributed by atoms with E-state index >= 15 is 0 Å². The second-order valence-corrected chi connectivity index (χ2v) is 9.78. The molecule has 2 aromatic carbocycles. The molecule has 0 unspecified atom stereocenters. The molecule has 1 aliphatic rings. The van der Waals surface area contributed by atoms with E-state index in [2.05, 4.69) is 55.5 Å². The van der Waals surface area contributed by atoms with Gasteiger partial charge in [0.2, 0.25) is 0 Å². The van der Waals surface area contributed by atoms with E-state index in [1.54, 1.807) is 30.7 Å². The van der Waals surface area contributed by atoms with Crippen LogP contribution in [-0.4, -0.2) is 29.0 Å². The van der Waals surface area contributed by atoms with Gasteiger partial charge in [0, 0.05) is 51.5 Å². The fourth-order valence-corrected chi connectivity index (χ4v) is 5.77. The van der Waals surface area contributed by atoms with Crippen molar-refractivity contribution in [1.82, 2.24) is 15.3 Å². The number of nitrogens with one attached hydrogen (secondary N) is 1. The minimum atomic E-state index is -0.502. The van der Waals surface area contributed by atoms with Crippen LogP contribution in [0.25, 0.3) is 11.1 Å². The van der Waals surface area contributed by atoms with E-state index in [4.69, 9.17) is 4.74 Å². The number of rotatable bonds is 7. The first kappa shape index (κ1) is 23.3. The van der Waals surface area contributed by atoms with Crippen LogP contribution in [0.15, 0.2) is 93.6 Å². The van der Waals surface area contributed by atoms with Crippen LogP contribution in [0.4, 0.5) is 4.79 Å². The number of halogens is 1. The first-order chi connectivity index (χ1) is 17.2. The topological polar surface area (TPSA) is 81.2 Å². The summed E-state index contributed by atoms with van der Waals surface area (Å²) in [5, 5.41) is 3.42. The smallest absolute Gasteiger partial charge is 0.407 e. The number of pyridine rings is 2. The van der Waals surface area contributed by atoms with Crippen molar-refractivity contribution in [2.45, 2.75) is 22.4 Å². The molecule has 0 aliphatic heterocycles. The van der Waals surface area contributed by atoms with E-state index in [9.17, 15) is 9.59 Å². The Morgan fingerprint density at radius 3 is 2.46 bits per heavy atom. The number of aldehydes is 1. The Hall–Kier alpha value is -3.49. The first-order valence-electron chi connectivity index (χ1n) is 10.9. The standard InChI is InChI=1S/C27H20BrN3O3S/c28-24-13-29-14-25(35-26-17(15-32)6-5-11-30-26)22(24)12-31-27(33)34-16-23-20-9-3-1-7-18(20)19-8-2-4-10-21(19)23/h1-11,13-15,23H,12,16H2,(H,31,33). The summed E-state index contributed by atoms with van der Waals surface area (Å²) in [5.74, 6) is -0.00200. The zero-order valence-electron chi connectivity index (χ0n) is 18.5. The molecule has 0 bridgehead atoms. The lowest BCUT2D eigenvalue weighted by Gasteiger charge is -2.15. The number of carbonyl (C=O) groups excluding carboxylic acids is 2. The molecular weight excluding hydrogens is 526 g/mol. The van der Waals surface area contributed by atoms with Gasteiger partial charge in [0.05, 0.1) is 0 Å². The Labute approximate surface area is 215 Å². The normalized spacial score (nSPS) is 12.0. The number of alkyl carbamates (subject to hydrolysis) is 1. The molecular formula is C27H20BrN3O3S. The number of fused-ring (bicyclic) bond motifs is 3. The quantitative estimate of drug-likeness (QED) is 0.277. The van der Waals surface area contributed by atoms with Crippen molar-refractivity contribution in [2.75, 3.05) is 6.61 Å². The molecule has 1 amide bonds. The van der Waals surface area contributed by atoms with E-state index in [-0.39, 0.29) is 19.1 Å². The van der Waals surface area contributed by atoms with Crippen LogP contribution < -0.4 is 5.32 Å². The fourth-order valence-electron chi connectivity index (χ4n) is 4.20. The molecule has 0 atom stereocenters.